The quantitative estimate of drug-likeness (QED) is 0.297. The third-order valence-electron chi connectivity index (χ3n) is 1.11. The Balaban J connectivity index is 0.000000640. The van der Waals surface area contributed by atoms with Crippen molar-refractivity contribution in [3.8, 4) is 0 Å². The number of carboxylic acids is 1. The summed E-state index contributed by atoms with van der Waals surface area (Å²) in [5.74, 6) is -2.48. The molecule has 0 aliphatic heterocycles. The van der Waals surface area contributed by atoms with Crippen LogP contribution < -0.4 is 34.7 Å². The molecule has 46 valence electrons. The van der Waals surface area contributed by atoms with Crippen LogP contribution in [0, 0.1) is 5.92 Å². The van der Waals surface area contributed by atoms with Crippen LogP contribution in [-0.4, -0.2) is 11.1 Å². The van der Waals surface area contributed by atoms with Gasteiger partial charge in [0.2, 0.25) is 0 Å². The molecule has 0 aromatic rings. The Labute approximate surface area is 78.7 Å². The standard InChI is InChI=1S/C4H4ClFO2.Na/c5-4(6)1-2(4)3(7)8;/h2H,1H2,(H,7,8);/q;+1/p-1. The molecule has 0 N–H and O–H groups in total. The molecule has 2 unspecified atom stereocenters. The van der Waals surface area contributed by atoms with Gasteiger partial charge in [0.25, 0.3) is 0 Å². The number of rotatable bonds is 1. The smallest absolute Gasteiger partial charge is 0.550 e. The van der Waals surface area contributed by atoms with Gasteiger partial charge in [0.15, 0.2) is 5.13 Å². The van der Waals surface area contributed by atoms with E-state index in [-0.39, 0.29) is 36.0 Å². The molecule has 0 heterocycles. The fraction of sp³-hybridized carbons (Fsp3) is 0.750. The van der Waals surface area contributed by atoms with E-state index in [9.17, 15) is 14.3 Å². The Morgan fingerprint density at radius 1 is 1.89 bits per heavy atom. The minimum atomic E-state index is -2.00. The number of hydrogen-bond donors (Lipinski definition) is 0. The molecule has 0 bridgehead atoms. The first kappa shape index (κ1) is 9.69. The van der Waals surface area contributed by atoms with Crippen LogP contribution in [-0.2, 0) is 4.79 Å². The zero-order valence-corrected chi connectivity index (χ0v) is 7.61. The number of alkyl halides is 2. The van der Waals surface area contributed by atoms with Crippen LogP contribution in [0.15, 0.2) is 0 Å². The fourth-order valence-electron chi connectivity index (χ4n) is 0.469. The van der Waals surface area contributed by atoms with Gasteiger partial charge in [-0.1, -0.05) is 11.6 Å². The summed E-state index contributed by atoms with van der Waals surface area (Å²) in [6, 6.07) is 0. The Kier molecular flexibility index (Phi) is 2.95. The summed E-state index contributed by atoms with van der Waals surface area (Å²) >= 11 is 4.91. The van der Waals surface area contributed by atoms with Crippen molar-refractivity contribution in [3.63, 3.8) is 0 Å². The number of carboxylic acid groups (broad SMARTS) is 1. The fourth-order valence-corrected chi connectivity index (χ4v) is 0.712. The second-order valence-electron chi connectivity index (χ2n) is 1.84. The van der Waals surface area contributed by atoms with E-state index >= 15 is 0 Å². The zero-order chi connectivity index (χ0) is 6.36. The maximum Gasteiger partial charge on any atom is 1.00 e. The average molecular weight is 161 g/mol. The number of aliphatic carboxylic acids is 1. The van der Waals surface area contributed by atoms with Gasteiger partial charge in [0.05, 0.1) is 5.92 Å². The van der Waals surface area contributed by atoms with Crippen LogP contribution >= 0.6 is 11.6 Å². The number of carbonyl (C=O) groups excluding carboxylic acids is 1. The van der Waals surface area contributed by atoms with Crippen LogP contribution in [0.2, 0.25) is 0 Å². The minimum Gasteiger partial charge on any atom is -0.550 e. The molecule has 5 heteroatoms. The maximum atomic E-state index is 12.1. The number of carbonyl (C=O) groups is 1. The van der Waals surface area contributed by atoms with E-state index in [1.165, 1.54) is 0 Å². The van der Waals surface area contributed by atoms with Crippen molar-refractivity contribution in [1.82, 2.24) is 0 Å². The first-order valence-corrected chi connectivity index (χ1v) is 2.50. The predicted molar refractivity (Wildman–Crippen MR) is 22.8 cm³/mol. The van der Waals surface area contributed by atoms with Crippen LogP contribution in [0.5, 0.6) is 0 Å². The molecule has 0 spiro atoms. The van der Waals surface area contributed by atoms with E-state index < -0.39 is 17.0 Å². The molecule has 0 aromatic carbocycles. The van der Waals surface area contributed by atoms with Gasteiger partial charge in [-0.25, -0.2) is 4.39 Å². The molecule has 0 amide bonds. The monoisotopic (exact) mass is 160 g/mol. The molecule has 2 atom stereocenters. The second-order valence-corrected chi connectivity index (χ2v) is 2.47. The topological polar surface area (TPSA) is 40.1 Å². The Bertz CT molecular complexity index is 139. The van der Waals surface area contributed by atoms with Crippen molar-refractivity contribution < 1.29 is 43.8 Å². The Hall–Kier alpha value is 0.690. The average Bonchev–Trinajstić information content (AvgIpc) is 2.13. The molecule has 1 fully saturated rings. The largest absolute Gasteiger partial charge is 1.00 e. The number of hydrogen-bond acceptors (Lipinski definition) is 2. The summed E-state index contributed by atoms with van der Waals surface area (Å²) in [6.45, 7) is 0. The molecule has 1 rings (SSSR count). The van der Waals surface area contributed by atoms with Gasteiger partial charge < -0.3 is 9.90 Å². The first-order chi connectivity index (χ1) is 3.54. The minimum absolute atomic E-state index is 0. The van der Waals surface area contributed by atoms with Crippen LogP contribution in [0.25, 0.3) is 0 Å². The summed E-state index contributed by atoms with van der Waals surface area (Å²) in [6.07, 6.45) is -0.114. The van der Waals surface area contributed by atoms with Crippen molar-refractivity contribution in [2.45, 2.75) is 11.5 Å². The molecule has 0 aromatic heterocycles. The number of halogens is 2. The third kappa shape index (κ3) is 2.08. The van der Waals surface area contributed by atoms with Crippen molar-refractivity contribution in [1.29, 1.82) is 0 Å². The van der Waals surface area contributed by atoms with E-state index in [2.05, 4.69) is 0 Å². The van der Waals surface area contributed by atoms with E-state index in [1.54, 1.807) is 0 Å². The molecular weight excluding hydrogens is 157 g/mol. The molecule has 1 saturated carbocycles. The SMILES string of the molecule is O=C([O-])C1CC1(F)Cl.[Na+]. The van der Waals surface area contributed by atoms with Gasteiger partial charge in [-0.15, -0.1) is 0 Å². The van der Waals surface area contributed by atoms with Gasteiger partial charge in [0, 0.05) is 12.4 Å². The predicted octanol–water partition coefficient (Wildman–Crippen LogP) is -3.34. The maximum absolute atomic E-state index is 12.1. The molecular formula is C4H3ClFNaO2. The van der Waals surface area contributed by atoms with Crippen molar-refractivity contribution >= 4 is 17.6 Å². The van der Waals surface area contributed by atoms with Crippen LogP contribution in [0.3, 0.4) is 0 Å². The van der Waals surface area contributed by atoms with E-state index in [4.69, 9.17) is 11.6 Å². The Morgan fingerprint density at radius 3 is 2.22 bits per heavy atom. The molecule has 0 saturated heterocycles. The van der Waals surface area contributed by atoms with Gasteiger partial charge in [-0.2, -0.15) is 0 Å². The molecule has 9 heavy (non-hydrogen) atoms. The van der Waals surface area contributed by atoms with Gasteiger partial charge in [-0.05, 0) is 0 Å². The van der Waals surface area contributed by atoms with Crippen molar-refractivity contribution in [2.24, 2.45) is 5.92 Å². The van der Waals surface area contributed by atoms with E-state index in [1.807, 2.05) is 0 Å². The summed E-state index contributed by atoms with van der Waals surface area (Å²) in [5, 5.41) is 7.74. The van der Waals surface area contributed by atoms with Gasteiger partial charge in [0.1, 0.15) is 0 Å². The van der Waals surface area contributed by atoms with Crippen LogP contribution in [0.1, 0.15) is 6.42 Å². The Morgan fingerprint density at radius 2 is 2.22 bits per heavy atom. The van der Waals surface area contributed by atoms with Crippen molar-refractivity contribution in [2.75, 3.05) is 0 Å². The third-order valence-corrected chi connectivity index (χ3v) is 1.53. The molecule has 1 aliphatic rings. The summed E-state index contributed by atoms with van der Waals surface area (Å²) in [7, 11) is 0. The van der Waals surface area contributed by atoms with E-state index in [0.29, 0.717) is 0 Å². The first-order valence-electron chi connectivity index (χ1n) is 2.13. The molecule has 1 aliphatic carbocycles. The van der Waals surface area contributed by atoms with Gasteiger partial charge >= 0.3 is 29.6 Å². The molecule has 0 radical (unpaired) electrons. The molecule has 2 nitrogen and oxygen atoms in total. The summed E-state index contributed by atoms with van der Waals surface area (Å²) in [5.41, 5.74) is 0. The summed E-state index contributed by atoms with van der Waals surface area (Å²) < 4.78 is 12.1. The van der Waals surface area contributed by atoms with Crippen molar-refractivity contribution in [3.05, 3.63) is 0 Å². The zero-order valence-electron chi connectivity index (χ0n) is 4.86. The van der Waals surface area contributed by atoms with Gasteiger partial charge in [-0.3, -0.25) is 0 Å². The normalized spacial score (nSPS) is 39.1. The van der Waals surface area contributed by atoms with Crippen LogP contribution in [0.4, 0.5) is 4.39 Å². The summed E-state index contributed by atoms with van der Waals surface area (Å²) in [4.78, 5) is 9.74. The second kappa shape index (κ2) is 2.74. The van der Waals surface area contributed by atoms with E-state index in [0.717, 1.165) is 0 Å².